The Morgan fingerprint density at radius 2 is 2.29 bits per heavy atom. The molecule has 124 valence electrons. The first-order valence-corrected chi connectivity index (χ1v) is 8.53. The number of amides is 1. The van der Waals surface area contributed by atoms with Crippen LogP contribution in [-0.2, 0) is 12.8 Å². The van der Waals surface area contributed by atoms with Crippen molar-refractivity contribution in [2.45, 2.75) is 26.7 Å². The Morgan fingerprint density at radius 3 is 3.00 bits per heavy atom. The molecule has 0 bridgehead atoms. The molecule has 0 spiro atoms. The molecule has 24 heavy (non-hydrogen) atoms. The lowest BCUT2D eigenvalue weighted by molar-refractivity contribution is 0.0954. The van der Waals surface area contributed by atoms with Crippen molar-refractivity contribution in [3.8, 4) is 5.82 Å². The summed E-state index contributed by atoms with van der Waals surface area (Å²) in [5, 5.41) is 7.99. The highest BCUT2D eigenvalue weighted by atomic mass is 32.1. The van der Waals surface area contributed by atoms with Crippen LogP contribution in [0.15, 0.2) is 31.0 Å². The highest BCUT2D eigenvalue weighted by Crippen LogP contribution is 2.18. The molecule has 1 amide bonds. The number of aryl methyl sites for hydroxylation is 2. The van der Waals surface area contributed by atoms with Gasteiger partial charge >= 0.3 is 0 Å². The van der Waals surface area contributed by atoms with Crippen molar-refractivity contribution in [3.63, 3.8) is 0 Å². The second kappa shape index (κ2) is 7.31. The minimum Gasteiger partial charge on any atom is -0.352 e. The normalized spacial score (nSPS) is 10.8. The number of aromatic nitrogens is 5. The lowest BCUT2D eigenvalue weighted by Gasteiger charge is -2.05. The summed E-state index contributed by atoms with van der Waals surface area (Å²) in [6, 6.07) is 3.37. The Morgan fingerprint density at radius 1 is 1.42 bits per heavy atom. The molecule has 8 heteroatoms. The predicted octanol–water partition coefficient (Wildman–Crippen LogP) is 1.96. The van der Waals surface area contributed by atoms with E-state index in [1.165, 1.54) is 15.9 Å². The van der Waals surface area contributed by atoms with Gasteiger partial charge in [0.05, 0.1) is 10.7 Å². The highest BCUT2D eigenvalue weighted by molar-refractivity contribution is 7.11. The molecule has 0 saturated carbocycles. The summed E-state index contributed by atoms with van der Waals surface area (Å²) in [5.74, 6) is 0.422. The van der Waals surface area contributed by atoms with Crippen molar-refractivity contribution in [1.82, 2.24) is 30.0 Å². The zero-order valence-corrected chi connectivity index (χ0v) is 14.4. The van der Waals surface area contributed by atoms with Crippen molar-refractivity contribution in [2.24, 2.45) is 0 Å². The molecule has 0 aromatic carbocycles. The molecular formula is C16H18N6OS. The van der Waals surface area contributed by atoms with Crippen LogP contribution in [-0.4, -0.2) is 37.2 Å². The van der Waals surface area contributed by atoms with E-state index in [4.69, 9.17) is 0 Å². The first-order valence-electron chi connectivity index (χ1n) is 7.71. The van der Waals surface area contributed by atoms with Crippen LogP contribution in [0.2, 0.25) is 0 Å². The molecule has 0 aliphatic heterocycles. The molecule has 0 fully saturated rings. The summed E-state index contributed by atoms with van der Waals surface area (Å²) in [6.07, 6.45) is 6.23. The Hall–Kier alpha value is -2.61. The number of pyridine rings is 1. The molecule has 0 aliphatic rings. The summed E-state index contributed by atoms with van der Waals surface area (Å²) < 4.78 is 1.52. The number of hydrogen-bond donors (Lipinski definition) is 1. The maximum absolute atomic E-state index is 12.3. The van der Waals surface area contributed by atoms with E-state index in [1.807, 2.05) is 0 Å². The molecule has 0 unspecified atom stereocenters. The monoisotopic (exact) mass is 342 g/mol. The van der Waals surface area contributed by atoms with Crippen LogP contribution >= 0.6 is 11.3 Å². The van der Waals surface area contributed by atoms with Gasteiger partial charge in [0.25, 0.3) is 5.91 Å². The van der Waals surface area contributed by atoms with Crippen molar-refractivity contribution < 1.29 is 4.79 Å². The van der Waals surface area contributed by atoms with Crippen LogP contribution in [0.5, 0.6) is 0 Å². The van der Waals surface area contributed by atoms with Crippen LogP contribution in [0.4, 0.5) is 0 Å². The van der Waals surface area contributed by atoms with Crippen molar-refractivity contribution in [3.05, 3.63) is 52.1 Å². The zero-order valence-electron chi connectivity index (χ0n) is 13.6. The summed E-state index contributed by atoms with van der Waals surface area (Å²) in [6.45, 7) is 4.74. The van der Waals surface area contributed by atoms with Crippen molar-refractivity contribution in [1.29, 1.82) is 0 Å². The van der Waals surface area contributed by atoms with Crippen LogP contribution in [0.25, 0.3) is 5.82 Å². The van der Waals surface area contributed by atoms with Crippen LogP contribution in [0.3, 0.4) is 0 Å². The van der Waals surface area contributed by atoms with Crippen LogP contribution in [0, 0.1) is 6.92 Å². The fourth-order valence-electron chi connectivity index (χ4n) is 2.32. The van der Waals surface area contributed by atoms with Gasteiger partial charge in [-0.05, 0) is 25.5 Å². The second-order valence-corrected chi connectivity index (χ2v) is 6.50. The topological polar surface area (TPSA) is 85.6 Å². The Kier molecular flexibility index (Phi) is 4.95. The minimum atomic E-state index is -0.136. The van der Waals surface area contributed by atoms with Gasteiger partial charge in [-0.25, -0.2) is 19.6 Å². The zero-order chi connectivity index (χ0) is 16.9. The molecule has 3 aromatic heterocycles. The standard InChI is InChI=1S/C16H18N6OS/c1-3-13-11(2)24-15(21-13)5-7-19-16(23)12-4-6-18-14(8-12)22-10-17-9-20-22/h4,6,8-10H,3,5,7H2,1-2H3,(H,19,23). The fraction of sp³-hybridized carbons (Fsp3) is 0.312. The van der Waals surface area contributed by atoms with Gasteiger partial charge < -0.3 is 5.32 Å². The number of hydrogen-bond acceptors (Lipinski definition) is 6. The Bertz CT molecular complexity index is 827. The molecule has 1 N–H and O–H groups in total. The maximum Gasteiger partial charge on any atom is 0.251 e. The molecule has 3 aromatic rings. The Balaban J connectivity index is 1.60. The maximum atomic E-state index is 12.3. The number of carbonyl (C=O) groups is 1. The third-order valence-corrected chi connectivity index (χ3v) is 4.63. The lowest BCUT2D eigenvalue weighted by atomic mass is 10.2. The van der Waals surface area contributed by atoms with E-state index in [0.29, 0.717) is 17.9 Å². The van der Waals surface area contributed by atoms with Gasteiger partial charge in [-0.15, -0.1) is 11.3 Å². The number of carbonyl (C=O) groups excluding carboxylic acids is 1. The van der Waals surface area contributed by atoms with Gasteiger partial charge in [-0.3, -0.25) is 4.79 Å². The summed E-state index contributed by atoms with van der Waals surface area (Å²) in [4.78, 5) is 26.2. The van der Waals surface area contributed by atoms with Crippen LogP contribution in [0.1, 0.15) is 32.9 Å². The third-order valence-electron chi connectivity index (χ3n) is 3.56. The first-order chi connectivity index (χ1) is 11.7. The van der Waals surface area contributed by atoms with E-state index in [1.54, 1.807) is 36.0 Å². The Labute approximate surface area is 143 Å². The largest absolute Gasteiger partial charge is 0.352 e. The average Bonchev–Trinajstić information content (AvgIpc) is 3.24. The number of rotatable bonds is 6. The van der Waals surface area contributed by atoms with Crippen molar-refractivity contribution >= 4 is 17.2 Å². The van der Waals surface area contributed by atoms with E-state index < -0.39 is 0 Å². The minimum absolute atomic E-state index is 0.136. The van der Waals surface area contributed by atoms with Gasteiger partial charge in [0.1, 0.15) is 12.7 Å². The highest BCUT2D eigenvalue weighted by Gasteiger charge is 2.09. The van der Waals surface area contributed by atoms with Crippen LogP contribution < -0.4 is 5.32 Å². The molecule has 0 saturated heterocycles. The van der Waals surface area contributed by atoms with E-state index in [2.05, 4.69) is 39.2 Å². The van der Waals surface area contributed by atoms with Gasteiger partial charge in [-0.2, -0.15) is 5.10 Å². The average molecular weight is 342 g/mol. The van der Waals surface area contributed by atoms with E-state index in [0.717, 1.165) is 23.5 Å². The van der Waals surface area contributed by atoms with E-state index in [9.17, 15) is 4.79 Å². The van der Waals surface area contributed by atoms with E-state index in [-0.39, 0.29) is 5.91 Å². The van der Waals surface area contributed by atoms with Crippen molar-refractivity contribution in [2.75, 3.05) is 6.54 Å². The summed E-state index contributed by atoms with van der Waals surface area (Å²) in [7, 11) is 0. The first kappa shape index (κ1) is 16.3. The van der Waals surface area contributed by atoms with Gasteiger partial charge in [0, 0.05) is 29.6 Å². The van der Waals surface area contributed by atoms with Gasteiger partial charge in [-0.1, -0.05) is 6.92 Å². The molecule has 0 atom stereocenters. The second-order valence-electron chi connectivity index (χ2n) is 5.21. The molecular weight excluding hydrogens is 324 g/mol. The smallest absolute Gasteiger partial charge is 0.251 e. The quantitative estimate of drug-likeness (QED) is 0.740. The number of thiazole rings is 1. The number of nitrogens with zero attached hydrogens (tertiary/aromatic N) is 5. The molecule has 7 nitrogen and oxygen atoms in total. The molecule has 0 radical (unpaired) electrons. The SMILES string of the molecule is CCc1nc(CCNC(=O)c2ccnc(-n3cncn3)c2)sc1C. The van der Waals surface area contributed by atoms with Gasteiger partial charge in [0.2, 0.25) is 0 Å². The lowest BCUT2D eigenvalue weighted by Crippen LogP contribution is -2.25. The predicted molar refractivity (Wildman–Crippen MR) is 91.4 cm³/mol. The van der Waals surface area contributed by atoms with Gasteiger partial charge in [0.15, 0.2) is 5.82 Å². The molecule has 3 rings (SSSR count). The third kappa shape index (κ3) is 3.65. The molecule has 0 aliphatic carbocycles. The van der Waals surface area contributed by atoms with E-state index >= 15 is 0 Å². The summed E-state index contributed by atoms with van der Waals surface area (Å²) >= 11 is 1.70. The summed E-state index contributed by atoms with van der Waals surface area (Å²) in [5.41, 5.74) is 1.69. The molecule has 3 heterocycles. The number of nitrogens with one attached hydrogen (secondary N) is 1. The fourth-order valence-corrected chi connectivity index (χ4v) is 3.34.